The predicted octanol–water partition coefficient (Wildman–Crippen LogP) is 3.09. The Balaban J connectivity index is 1.40. The summed E-state index contributed by atoms with van der Waals surface area (Å²) in [5, 5.41) is 10.8. The van der Waals surface area contributed by atoms with E-state index in [4.69, 9.17) is 13.9 Å². The zero-order valence-corrected chi connectivity index (χ0v) is 17.9. The number of ether oxygens (including phenoxy) is 2. The molecule has 164 valence electrons. The van der Waals surface area contributed by atoms with Crippen LogP contribution in [0.2, 0.25) is 0 Å². The summed E-state index contributed by atoms with van der Waals surface area (Å²) >= 11 is 0. The van der Waals surface area contributed by atoms with Crippen molar-refractivity contribution in [3.05, 3.63) is 64.5 Å². The fraction of sp³-hybridized carbons (Fsp3) is 0.400. The molecule has 0 radical (unpaired) electrons. The summed E-state index contributed by atoms with van der Waals surface area (Å²) in [5.74, 6) is 1.29. The van der Waals surface area contributed by atoms with Crippen molar-refractivity contribution in [1.29, 1.82) is 0 Å². The van der Waals surface area contributed by atoms with Crippen LogP contribution in [0.5, 0.6) is 17.2 Å². The van der Waals surface area contributed by atoms with Crippen LogP contribution in [0.15, 0.2) is 57.9 Å². The van der Waals surface area contributed by atoms with E-state index in [9.17, 15) is 9.90 Å². The van der Waals surface area contributed by atoms with Crippen molar-refractivity contribution in [3.63, 3.8) is 0 Å². The van der Waals surface area contributed by atoms with Crippen LogP contribution in [0.4, 0.5) is 0 Å². The number of quaternary nitrogens is 1. The van der Waals surface area contributed by atoms with Gasteiger partial charge in [-0.1, -0.05) is 12.1 Å². The van der Waals surface area contributed by atoms with E-state index in [1.54, 1.807) is 24.3 Å². The van der Waals surface area contributed by atoms with Crippen molar-refractivity contribution < 1.29 is 23.9 Å². The largest absolute Gasteiger partial charge is 0.491 e. The summed E-state index contributed by atoms with van der Waals surface area (Å²) < 4.78 is 17.1. The summed E-state index contributed by atoms with van der Waals surface area (Å²) in [7, 11) is 0. The SMILES string of the molecule is Cc1cccc(Oc2coc3cc(OCC(O)C[NH+]4CCCCCC4)ccc3c2=O)c1. The Hall–Kier alpha value is -2.83. The monoisotopic (exact) mass is 424 g/mol. The predicted molar refractivity (Wildman–Crippen MR) is 119 cm³/mol. The van der Waals surface area contributed by atoms with Gasteiger partial charge in [0.15, 0.2) is 0 Å². The quantitative estimate of drug-likeness (QED) is 0.610. The Labute approximate surface area is 182 Å². The zero-order chi connectivity index (χ0) is 21.6. The molecule has 0 spiro atoms. The number of aliphatic hydroxyl groups is 1. The minimum Gasteiger partial charge on any atom is -0.491 e. The molecule has 0 bridgehead atoms. The summed E-state index contributed by atoms with van der Waals surface area (Å²) in [4.78, 5) is 14.2. The highest BCUT2D eigenvalue weighted by Crippen LogP contribution is 2.24. The van der Waals surface area contributed by atoms with E-state index >= 15 is 0 Å². The van der Waals surface area contributed by atoms with Crippen molar-refractivity contribution in [2.45, 2.75) is 38.7 Å². The highest BCUT2D eigenvalue weighted by molar-refractivity contribution is 5.79. The van der Waals surface area contributed by atoms with Gasteiger partial charge in [-0.15, -0.1) is 0 Å². The van der Waals surface area contributed by atoms with Crippen LogP contribution in [-0.4, -0.2) is 37.5 Å². The molecule has 31 heavy (non-hydrogen) atoms. The van der Waals surface area contributed by atoms with Gasteiger partial charge < -0.3 is 23.9 Å². The molecule has 6 heteroatoms. The van der Waals surface area contributed by atoms with Crippen molar-refractivity contribution in [2.24, 2.45) is 0 Å². The lowest BCUT2D eigenvalue weighted by molar-refractivity contribution is -0.902. The van der Waals surface area contributed by atoms with Crippen LogP contribution in [0.3, 0.4) is 0 Å². The molecule has 6 nitrogen and oxygen atoms in total. The Morgan fingerprint density at radius 3 is 2.65 bits per heavy atom. The van der Waals surface area contributed by atoms with Gasteiger partial charge in [-0.2, -0.15) is 0 Å². The summed E-state index contributed by atoms with van der Waals surface area (Å²) in [6.45, 7) is 5.11. The minimum atomic E-state index is -0.527. The molecule has 1 saturated heterocycles. The summed E-state index contributed by atoms with van der Waals surface area (Å²) in [6.07, 6.45) is 5.83. The second-order valence-corrected chi connectivity index (χ2v) is 8.34. The number of rotatable bonds is 7. The molecule has 0 amide bonds. The van der Waals surface area contributed by atoms with Gasteiger partial charge in [0.1, 0.15) is 42.6 Å². The Kier molecular flexibility index (Phi) is 6.89. The lowest BCUT2D eigenvalue weighted by atomic mass is 10.2. The number of benzene rings is 2. The van der Waals surface area contributed by atoms with E-state index in [2.05, 4.69) is 0 Å². The first-order valence-corrected chi connectivity index (χ1v) is 11.0. The van der Waals surface area contributed by atoms with Crippen LogP contribution in [-0.2, 0) is 0 Å². The number of aryl methyl sites for hydroxylation is 1. The van der Waals surface area contributed by atoms with Crippen molar-refractivity contribution in [3.8, 4) is 17.2 Å². The van der Waals surface area contributed by atoms with E-state index in [0.29, 0.717) is 29.0 Å². The van der Waals surface area contributed by atoms with Crippen LogP contribution in [0.25, 0.3) is 11.0 Å². The van der Waals surface area contributed by atoms with Gasteiger partial charge in [-0.3, -0.25) is 4.79 Å². The number of hydrogen-bond donors (Lipinski definition) is 2. The second-order valence-electron chi connectivity index (χ2n) is 8.34. The summed E-state index contributed by atoms with van der Waals surface area (Å²) in [5.41, 5.74) is 1.23. The van der Waals surface area contributed by atoms with Crippen LogP contribution < -0.4 is 19.8 Å². The average Bonchev–Trinajstić information content (AvgIpc) is 3.03. The fourth-order valence-corrected chi connectivity index (χ4v) is 4.07. The molecule has 0 aliphatic carbocycles. The van der Waals surface area contributed by atoms with Crippen LogP contribution in [0, 0.1) is 6.92 Å². The molecule has 1 aliphatic heterocycles. The van der Waals surface area contributed by atoms with Gasteiger partial charge >= 0.3 is 0 Å². The molecule has 2 N–H and O–H groups in total. The smallest absolute Gasteiger partial charge is 0.235 e. The molecule has 2 aromatic carbocycles. The van der Waals surface area contributed by atoms with Crippen LogP contribution >= 0.6 is 0 Å². The maximum Gasteiger partial charge on any atom is 0.235 e. The Bertz CT molecular complexity index is 1070. The molecule has 0 saturated carbocycles. The third-order valence-corrected chi connectivity index (χ3v) is 5.71. The molecule has 2 heterocycles. The lowest BCUT2D eigenvalue weighted by Gasteiger charge is -2.20. The van der Waals surface area contributed by atoms with Crippen LogP contribution in [0.1, 0.15) is 31.2 Å². The number of fused-ring (bicyclic) bond motifs is 1. The third kappa shape index (κ3) is 5.66. The molecule has 1 fully saturated rings. The standard InChI is InChI=1S/C25H29NO5/c1-18-7-6-8-21(13-18)31-24-17-30-23-14-20(9-10-22(23)25(24)28)29-16-19(27)15-26-11-4-2-3-5-12-26/h6-10,13-14,17,19,27H,2-5,11-12,15-16H2,1H3/p+1. The van der Waals surface area contributed by atoms with Gasteiger partial charge in [0.2, 0.25) is 11.2 Å². The van der Waals surface area contributed by atoms with Gasteiger partial charge in [0.25, 0.3) is 0 Å². The Morgan fingerprint density at radius 2 is 1.87 bits per heavy atom. The normalized spacial score (nSPS) is 16.1. The molecular formula is C25H30NO5+. The van der Waals surface area contributed by atoms with E-state index in [1.165, 1.54) is 36.8 Å². The van der Waals surface area contributed by atoms with Crippen molar-refractivity contribution in [2.75, 3.05) is 26.2 Å². The zero-order valence-electron chi connectivity index (χ0n) is 17.9. The average molecular weight is 425 g/mol. The lowest BCUT2D eigenvalue weighted by Crippen LogP contribution is -3.13. The molecular weight excluding hydrogens is 394 g/mol. The molecule has 1 unspecified atom stereocenters. The Morgan fingerprint density at radius 1 is 1.06 bits per heavy atom. The molecule has 1 aliphatic rings. The third-order valence-electron chi connectivity index (χ3n) is 5.71. The first kappa shape index (κ1) is 21.4. The second kappa shape index (κ2) is 9.98. The minimum absolute atomic E-state index is 0.141. The van der Waals surface area contributed by atoms with E-state index < -0.39 is 6.10 Å². The van der Waals surface area contributed by atoms with Gasteiger partial charge in [-0.05, 0) is 62.4 Å². The number of aliphatic hydroxyl groups excluding tert-OH is 1. The topological polar surface area (TPSA) is 73.3 Å². The molecule has 4 rings (SSSR count). The molecule has 1 atom stereocenters. The van der Waals surface area contributed by atoms with Crippen molar-refractivity contribution in [1.82, 2.24) is 0 Å². The van der Waals surface area contributed by atoms with E-state index in [-0.39, 0.29) is 17.8 Å². The first-order valence-electron chi connectivity index (χ1n) is 11.0. The summed E-state index contributed by atoms with van der Waals surface area (Å²) in [6, 6.07) is 12.6. The maximum absolute atomic E-state index is 12.8. The maximum atomic E-state index is 12.8. The highest BCUT2D eigenvalue weighted by Gasteiger charge is 2.18. The van der Waals surface area contributed by atoms with E-state index in [1.807, 2.05) is 25.1 Å². The van der Waals surface area contributed by atoms with Gasteiger partial charge in [0, 0.05) is 6.07 Å². The number of likely N-dealkylation sites (tertiary alicyclic amines) is 1. The van der Waals surface area contributed by atoms with Crippen molar-refractivity contribution >= 4 is 11.0 Å². The van der Waals surface area contributed by atoms with Gasteiger partial charge in [0.05, 0.1) is 18.5 Å². The fourth-order valence-electron chi connectivity index (χ4n) is 4.07. The number of nitrogens with one attached hydrogen (secondary N) is 1. The first-order chi connectivity index (χ1) is 15.1. The molecule has 1 aromatic heterocycles. The van der Waals surface area contributed by atoms with E-state index in [0.717, 1.165) is 18.7 Å². The van der Waals surface area contributed by atoms with Gasteiger partial charge in [-0.25, -0.2) is 0 Å². The molecule has 3 aromatic rings. The highest BCUT2D eigenvalue weighted by atomic mass is 16.5. The number of hydrogen-bond acceptors (Lipinski definition) is 5.